The normalized spacial score (nSPS) is 14.8. The average Bonchev–Trinajstić information content (AvgIpc) is 2.92. The van der Waals surface area contributed by atoms with Crippen molar-refractivity contribution < 1.29 is 9.72 Å². The highest BCUT2D eigenvalue weighted by Gasteiger charge is 2.27. The molecule has 0 spiro atoms. The fourth-order valence-corrected chi connectivity index (χ4v) is 4.14. The van der Waals surface area contributed by atoms with E-state index in [1.54, 1.807) is 29.2 Å². The number of rotatable bonds is 3. The minimum absolute atomic E-state index is 0.0740. The van der Waals surface area contributed by atoms with Gasteiger partial charge in [0.15, 0.2) is 0 Å². The quantitative estimate of drug-likeness (QED) is 0.592. The van der Waals surface area contributed by atoms with Gasteiger partial charge in [-0.2, -0.15) is 0 Å². The maximum absolute atomic E-state index is 12.5. The Balaban J connectivity index is 1.71. The van der Waals surface area contributed by atoms with Crippen molar-refractivity contribution in [1.82, 2.24) is 4.90 Å². The van der Waals surface area contributed by atoms with Crippen LogP contribution in [0.25, 0.3) is 0 Å². The topological polar surface area (TPSA) is 66.7 Å². The minimum Gasteiger partial charge on any atom is -0.362 e. The minimum atomic E-state index is -0.389. The van der Waals surface area contributed by atoms with Crippen LogP contribution in [0.4, 0.5) is 11.4 Å². The maximum atomic E-state index is 12.5. The fraction of sp³-hybridized carbons (Fsp3) is 0.267. The number of hydrogen-bond donors (Lipinski definition) is 0. The molecule has 9 heteroatoms. The van der Waals surface area contributed by atoms with E-state index in [0.717, 1.165) is 11.3 Å². The van der Waals surface area contributed by atoms with E-state index in [4.69, 9.17) is 23.2 Å². The molecule has 0 saturated carbocycles. The number of hydrogen-bond acceptors (Lipinski definition) is 5. The lowest BCUT2D eigenvalue weighted by Gasteiger charge is -2.35. The second-order valence-electron chi connectivity index (χ2n) is 5.26. The summed E-state index contributed by atoms with van der Waals surface area (Å²) in [6.07, 6.45) is 0. The molecule has 0 bridgehead atoms. The van der Waals surface area contributed by atoms with Crippen LogP contribution in [0.15, 0.2) is 30.3 Å². The van der Waals surface area contributed by atoms with E-state index < -0.39 is 0 Å². The Labute approximate surface area is 152 Å². The third-order valence-corrected chi connectivity index (χ3v) is 5.36. The number of carbonyl (C=O) groups excluding carboxylic acids is 1. The van der Waals surface area contributed by atoms with Gasteiger partial charge in [-0.05, 0) is 12.1 Å². The molecule has 1 amide bonds. The van der Waals surface area contributed by atoms with E-state index in [2.05, 4.69) is 0 Å². The van der Waals surface area contributed by atoms with Crippen LogP contribution in [0.5, 0.6) is 0 Å². The van der Waals surface area contributed by atoms with Gasteiger partial charge in [-0.3, -0.25) is 14.9 Å². The third-order valence-electron chi connectivity index (χ3n) is 3.87. The molecule has 6 nitrogen and oxygen atoms in total. The van der Waals surface area contributed by atoms with Crippen LogP contribution in [0.3, 0.4) is 0 Å². The molecule has 1 aromatic carbocycles. The van der Waals surface area contributed by atoms with Crippen LogP contribution in [0, 0.1) is 10.1 Å². The number of para-hydroxylation sites is 2. The number of nitro groups is 1. The summed E-state index contributed by atoms with van der Waals surface area (Å²) in [6, 6.07) is 8.20. The first-order valence-corrected chi connectivity index (χ1v) is 8.77. The number of nitrogens with zero attached hydrogens (tertiary/aromatic N) is 3. The molecule has 0 aliphatic carbocycles. The standard InChI is InChI=1S/C15H13Cl2N3O3S/c16-13-9-10(14(17)24-13)15(21)19-7-5-18(6-8-19)11-3-1-2-4-12(11)20(22)23/h1-4,9H,5-8H2. The molecular formula is C15H13Cl2N3O3S. The van der Waals surface area contributed by atoms with E-state index in [0.29, 0.717) is 46.1 Å². The molecule has 0 radical (unpaired) electrons. The second-order valence-corrected chi connectivity index (χ2v) is 7.55. The molecule has 2 heterocycles. The summed E-state index contributed by atoms with van der Waals surface area (Å²) >= 11 is 13.1. The van der Waals surface area contributed by atoms with E-state index in [-0.39, 0.29) is 16.5 Å². The van der Waals surface area contributed by atoms with Crippen molar-refractivity contribution in [3.05, 3.63) is 54.7 Å². The largest absolute Gasteiger partial charge is 0.362 e. The average molecular weight is 386 g/mol. The van der Waals surface area contributed by atoms with Crippen LogP contribution in [0.1, 0.15) is 10.4 Å². The van der Waals surface area contributed by atoms with Gasteiger partial charge in [-0.1, -0.05) is 35.3 Å². The molecule has 126 valence electrons. The van der Waals surface area contributed by atoms with Crippen molar-refractivity contribution >= 4 is 51.8 Å². The number of anilines is 1. The number of thiophene rings is 1. The Morgan fingerprint density at radius 2 is 1.83 bits per heavy atom. The molecule has 0 atom stereocenters. The molecule has 1 aromatic heterocycles. The summed E-state index contributed by atoms with van der Waals surface area (Å²) < 4.78 is 0.855. The van der Waals surface area contributed by atoms with Crippen LogP contribution in [0.2, 0.25) is 8.67 Å². The zero-order chi connectivity index (χ0) is 17.3. The zero-order valence-corrected chi connectivity index (χ0v) is 14.8. The van der Waals surface area contributed by atoms with Gasteiger partial charge >= 0.3 is 0 Å². The monoisotopic (exact) mass is 385 g/mol. The van der Waals surface area contributed by atoms with Gasteiger partial charge in [0.05, 0.1) is 14.8 Å². The predicted molar refractivity (Wildman–Crippen MR) is 95.6 cm³/mol. The van der Waals surface area contributed by atoms with Gasteiger partial charge in [0.2, 0.25) is 0 Å². The Kier molecular flexibility index (Phi) is 4.93. The van der Waals surface area contributed by atoms with Gasteiger partial charge < -0.3 is 9.80 Å². The highest BCUT2D eigenvalue weighted by Crippen LogP contribution is 2.33. The van der Waals surface area contributed by atoms with Gasteiger partial charge in [0.25, 0.3) is 11.6 Å². The Morgan fingerprint density at radius 1 is 1.17 bits per heavy atom. The summed E-state index contributed by atoms with van der Waals surface area (Å²) in [4.78, 5) is 26.9. The molecule has 0 N–H and O–H groups in total. The number of carbonyl (C=O) groups is 1. The van der Waals surface area contributed by atoms with Crippen molar-refractivity contribution in [3.8, 4) is 0 Å². The lowest BCUT2D eigenvalue weighted by molar-refractivity contribution is -0.384. The summed E-state index contributed by atoms with van der Waals surface area (Å²) in [5, 5.41) is 11.2. The maximum Gasteiger partial charge on any atom is 0.292 e. The zero-order valence-electron chi connectivity index (χ0n) is 12.4. The Bertz CT molecular complexity index is 788. The van der Waals surface area contributed by atoms with E-state index in [1.165, 1.54) is 6.07 Å². The van der Waals surface area contributed by atoms with Crippen molar-refractivity contribution in [2.24, 2.45) is 0 Å². The molecule has 2 aromatic rings. The molecule has 1 fully saturated rings. The first-order valence-electron chi connectivity index (χ1n) is 7.20. The molecule has 0 unspecified atom stereocenters. The highest BCUT2D eigenvalue weighted by atomic mass is 35.5. The van der Waals surface area contributed by atoms with Crippen molar-refractivity contribution in [2.75, 3.05) is 31.1 Å². The number of amides is 1. The first-order chi connectivity index (χ1) is 11.5. The predicted octanol–water partition coefficient (Wildman–Crippen LogP) is 3.93. The molecule has 24 heavy (non-hydrogen) atoms. The lowest BCUT2D eigenvalue weighted by Crippen LogP contribution is -2.48. The summed E-state index contributed by atoms with van der Waals surface area (Å²) in [7, 11) is 0. The molecule has 1 aliphatic heterocycles. The summed E-state index contributed by atoms with van der Waals surface area (Å²) in [6.45, 7) is 1.97. The second kappa shape index (κ2) is 6.96. The fourth-order valence-electron chi connectivity index (χ4n) is 2.69. The van der Waals surface area contributed by atoms with E-state index >= 15 is 0 Å². The SMILES string of the molecule is O=C(c1cc(Cl)sc1Cl)N1CCN(c2ccccc2[N+](=O)[O-])CC1. The van der Waals surface area contributed by atoms with Crippen LogP contribution in [-0.2, 0) is 0 Å². The Morgan fingerprint density at radius 3 is 2.42 bits per heavy atom. The van der Waals surface area contributed by atoms with Gasteiger partial charge in [-0.25, -0.2) is 0 Å². The number of nitro benzene ring substituents is 1. The Hall–Kier alpha value is -1.83. The lowest BCUT2D eigenvalue weighted by atomic mass is 10.2. The third kappa shape index (κ3) is 3.33. The number of piperazine rings is 1. The van der Waals surface area contributed by atoms with Gasteiger partial charge in [0.1, 0.15) is 10.0 Å². The van der Waals surface area contributed by atoms with E-state index in [1.807, 2.05) is 4.90 Å². The number of benzene rings is 1. The van der Waals surface area contributed by atoms with E-state index in [9.17, 15) is 14.9 Å². The molecule has 1 aliphatic rings. The van der Waals surface area contributed by atoms with Crippen molar-refractivity contribution in [2.45, 2.75) is 0 Å². The van der Waals surface area contributed by atoms with Crippen molar-refractivity contribution in [3.63, 3.8) is 0 Å². The first kappa shape index (κ1) is 17.0. The van der Waals surface area contributed by atoms with Crippen LogP contribution >= 0.6 is 34.5 Å². The van der Waals surface area contributed by atoms with Crippen LogP contribution in [-0.4, -0.2) is 41.9 Å². The molecule has 1 saturated heterocycles. The van der Waals surface area contributed by atoms with Crippen LogP contribution < -0.4 is 4.90 Å². The summed E-state index contributed by atoms with van der Waals surface area (Å²) in [5.41, 5.74) is 1.06. The van der Waals surface area contributed by atoms with Gasteiger partial charge in [-0.15, -0.1) is 11.3 Å². The number of halogens is 2. The van der Waals surface area contributed by atoms with Crippen molar-refractivity contribution in [1.29, 1.82) is 0 Å². The summed E-state index contributed by atoms with van der Waals surface area (Å²) in [5.74, 6) is -0.162. The highest BCUT2D eigenvalue weighted by molar-refractivity contribution is 7.20. The van der Waals surface area contributed by atoms with Gasteiger partial charge in [0, 0.05) is 32.2 Å². The molecular weight excluding hydrogens is 373 g/mol. The molecule has 3 rings (SSSR count). The smallest absolute Gasteiger partial charge is 0.292 e.